The van der Waals surface area contributed by atoms with Crippen molar-refractivity contribution in [2.45, 2.75) is 18.9 Å². The van der Waals surface area contributed by atoms with Gasteiger partial charge in [-0.25, -0.2) is 0 Å². The number of rotatable bonds is 4. The van der Waals surface area contributed by atoms with E-state index < -0.39 is 0 Å². The summed E-state index contributed by atoms with van der Waals surface area (Å²) in [6.45, 7) is 3.48. The van der Waals surface area contributed by atoms with Crippen LogP contribution in [0.5, 0.6) is 0 Å². The van der Waals surface area contributed by atoms with Crippen molar-refractivity contribution in [1.29, 1.82) is 0 Å². The van der Waals surface area contributed by atoms with Gasteiger partial charge >= 0.3 is 0 Å². The van der Waals surface area contributed by atoms with Crippen molar-refractivity contribution in [2.24, 2.45) is 0 Å². The lowest BCUT2D eigenvalue weighted by Crippen LogP contribution is -3.18. The molecule has 2 saturated heterocycles. The Kier molecular flexibility index (Phi) is 4.31. The van der Waals surface area contributed by atoms with Gasteiger partial charge in [0, 0.05) is 6.54 Å². The number of carbonyl (C=O) groups excluding carboxylic acids is 2. The maximum Gasteiger partial charge on any atom is 0.288 e. The second kappa shape index (κ2) is 6.37. The standard InChI is InChI=1S/C16H20N2O3/c19-15-12-14(17-8-10-21-11-9-17)16(20)18(15)7-6-13-4-2-1-3-5-13/h1-5,14H,6-12H2/p+1. The summed E-state index contributed by atoms with van der Waals surface area (Å²) >= 11 is 0. The van der Waals surface area contributed by atoms with Crippen LogP contribution in [-0.4, -0.2) is 55.6 Å². The molecule has 112 valence electrons. The van der Waals surface area contributed by atoms with Gasteiger partial charge in [0.05, 0.1) is 19.6 Å². The molecule has 1 aromatic carbocycles. The van der Waals surface area contributed by atoms with Crippen molar-refractivity contribution in [1.82, 2.24) is 4.90 Å². The highest BCUT2D eigenvalue weighted by Crippen LogP contribution is 2.12. The summed E-state index contributed by atoms with van der Waals surface area (Å²) in [5.41, 5.74) is 1.15. The van der Waals surface area contributed by atoms with E-state index in [1.807, 2.05) is 30.3 Å². The van der Waals surface area contributed by atoms with Crippen molar-refractivity contribution in [2.75, 3.05) is 32.8 Å². The molecule has 1 unspecified atom stereocenters. The Labute approximate surface area is 124 Å². The average molecular weight is 289 g/mol. The van der Waals surface area contributed by atoms with Crippen molar-refractivity contribution in [3.05, 3.63) is 35.9 Å². The number of morpholine rings is 1. The predicted molar refractivity (Wildman–Crippen MR) is 76.8 cm³/mol. The zero-order valence-electron chi connectivity index (χ0n) is 12.1. The molecule has 1 atom stereocenters. The largest absolute Gasteiger partial charge is 0.370 e. The van der Waals surface area contributed by atoms with Crippen LogP contribution in [-0.2, 0) is 20.7 Å². The van der Waals surface area contributed by atoms with Crippen molar-refractivity contribution < 1.29 is 19.2 Å². The van der Waals surface area contributed by atoms with Gasteiger partial charge in [0.15, 0.2) is 6.04 Å². The number of nitrogens with zero attached hydrogens (tertiary/aromatic N) is 1. The third kappa shape index (κ3) is 3.14. The predicted octanol–water partition coefficient (Wildman–Crippen LogP) is -0.728. The fraction of sp³-hybridized carbons (Fsp3) is 0.500. The number of quaternary nitrogens is 1. The zero-order valence-corrected chi connectivity index (χ0v) is 12.1. The number of hydrogen-bond acceptors (Lipinski definition) is 3. The van der Waals surface area contributed by atoms with Gasteiger partial charge in [0.1, 0.15) is 13.1 Å². The van der Waals surface area contributed by atoms with Crippen LogP contribution in [0.15, 0.2) is 30.3 Å². The van der Waals surface area contributed by atoms with Crippen molar-refractivity contribution in [3.63, 3.8) is 0 Å². The second-order valence-corrected chi connectivity index (χ2v) is 5.65. The Morgan fingerprint density at radius 3 is 2.57 bits per heavy atom. The summed E-state index contributed by atoms with van der Waals surface area (Å²) < 4.78 is 5.32. The fourth-order valence-corrected chi connectivity index (χ4v) is 3.10. The molecule has 2 fully saturated rings. The van der Waals surface area contributed by atoms with Crippen LogP contribution in [0.3, 0.4) is 0 Å². The summed E-state index contributed by atoms with van der Waals surface area (Å²) in [6, 6.07) is 9.77. The molecule has 2 heterocycles. The first-order valence-corrected chi connectivity index (χ1v) is 7.56. The average Bonchev–Trinajstić information content (AvgIpc) is 2.82. The zero-order chi connectivity index (χ0) is 14.7. The molecule has 0 radical (unpaired) electrons. The fourth-order valence-electron chi connectivity index (χ4n) is 3.10. The molecule has 0 aliphatic carbocycles. The van der Waals surface area contributed by atoms with Gasteiger partial charge in [-0.1, -0.05) is 30.3 Å². The van der Waals surface area contributed by atoms with Crippen molar-refractivity contribution >= 4 is 11.8 Å². The van der Waals surface area contributed by atoms with E-state index in [4.69, 9.17) is 4.74 Å². The van der Waals surface area contributed by atoms with Crippen LogP contribution >= 0.6 is 0 Å². The van der Waals surface area contributed by atoms with Gasteiger partial charge in [-0.05, 0) is 12.0 Å². The molecule has 0 saturated carbocycles. The molecule has 21 heavy (non-hydrogen) atoms. The minimum atomic E-state index is -0.197. The SMILES string of the molecule is O=C1CC([NH+]2CCOCC2)C(=O)N1CCc1ccccc1. The minimum Gasteiger partial charge on any atom is -0.370 e. The van der Waals surface area contributed by atoms with Crippen LogP contribution < -0.4 is 4.90 Å². The highest BCUT2D eigenvalue weighted by Gasteiger charge is 2.44. The van der Waals surface area contributed by atoms with Gasteiger partial charge in [-0.3, -0.25) is 14.5 Å². The Bertz CT molecular complexity index is 512. The van der Waals surface area contributed by atoms with Crippen molar-refractivity contribution in [3.8, 4) is 0 Å². The first-order chi connectivity index (χ1) is 10.3. The summed E-state index contributed by atoms with van der Waals surface area (Å²) in [5.74, 6) is -0.0345. The van der Waals surface area contributed by atoms with E-state index in [-0.39, 0.29) is 17.9 Å². The number of amides is 2. The third-order valence-corrected chi connectivity index (χ3v) is 4.34. The Morgan fingerprint density at radius 2 is 1.86 bits per heavy atom. The number of likely N-dealkylation sites (tertiary alicyclic amines) is 1. The molecular formula is C16H21N2O3+. The van der Waals surface area contributed by atoms with E-state index >= 15 is 0 Å². The highest BCUT2D eigenvalue weighted by atomic mass is 16.5. The van der Waals surface area contributed by atoms with Gasteiger partial charge in [-0.15, -0.1) is 0 Å². The normalized spacial score (nSPS) is 23.8. The molecule has 5 nitrogen and oxygen atoms in total. The topological polar surface area (TPSA) is 51.1 Å². The van der Waals surface area contributed by atoms with Crippen LogP contribution in [0.1, 0.15) is 12.0 Å². The van der Waals surface area contributed by atoms with E-state index in [1.165, 1.54) is 9.80 Å². The highest BCUT2D eigenvalue weighted by molar-refractivity contribution is 6.04. The number of ether oxygens (including phenoxy) is 1. The molecule has 5 heteroatoms. The number of nitrogens with one attached hydrogen (secondary N) is 1. The van der Waals surface area contributed by atoms with Crippen LogP contribution in [0.4, 0.5) is 0 Å². The quantitative estimate of drug-likeness (QED) is 0.744. The molecule has 0 spiro atoms. The van der Waals surface area contributed by atoms with E-state index in [0.717, 1.165) is 25.1 Å². The van der Waals surface area contributed by atoms with E-state index in [1.54, 1.807) is 0 Å². The Hall–Kier alpha value is -1.72. The molecule has 1 aromatic rings. The van der Waals surface area contributed by atoms with Crippen LogP contribution in [0.2, 0.25) is 0 Å². The van der Waals surface area contributed by atoms with Gasteiger partial charge in [0.2, 0.25) is 5.91 Å². The lowest BCUT2D eigenvalue weighted by Gasteiger charge is -2.27. The lowest BCUT2D eigenvalue weighted by atomic mass is 10.1. The number of carbonyl (C=O) groups is 2. The molecule has 2 aliphatic heterocycles. The Balaban J connectivity index is 1.61. The number of benzene rings is 1. The maximum absolute atomic E-state index is 12.5. The number of hydrogen-bond donors (Lipinski definition) is 1. The minimum absolute atomic E-state index is 0.00664. The third-order valence-electron chi connectivity index (χ3n) is 4.34. The molecule has 2 aliphatic rings. The molecule has 0 aromatic heterocycles. The first kappa shape index (κ1) is 14.2. The van der Waals surface area contributed by atoms with Crippen LogP contribution in [0, 0.1) is 0 Å². The molecule has 2 amide bonds. The Morgan fingerprint density at radius 1 is 1.14 bits per heavy atom. The van der Waals surface area contributed by atoms with E-state index in [2.05, 4.69) is 0 Å². The van der Waals surface area contributed by atoms with E-state index in [9.17, 15) is 9.59 Å². The maximum atomic E-state index is 12.5. The van der Waals surface area contributed by atoms with Gasteiger partial charge in [-0.2, -0.15) is 0 Å². The smallest absolute Gasteiger partial charge is 0.288 e. The summed E-state index contributed by atoms with van der Waals surface area (Å²) in [7, 11) is 0. The monoisotopic (exact) mass is 289 g/mol. The summed E-state index contributed by atoms with van der Waals surface area (Å²) in [4.78, 5) is 27.2. The molecule has 3 rings (SSSR count). The molecule has 1 N–H and O–H groups in total. The first-order valence-electron chi connectivity index (χ1n) is 7.56. The van der Waals surface area contributed by atoms with Gasteiger partial charge in [0.25, 0.3) is 5.91 Å². The second-order valence-electron chi connectivity index (χ2n) is 5.65. The molecule has 0 bridgehead atoms. The summed E-state index contributed by atoms with van der Waals surface area (Å²) in [5, 5.41) is 0. The van der Waals surface area contributed by atoms with Crippen LogP contribution in [0.25, 0.3) is 0 Å². The molecular weight excluding hydrogens is 268 g/mol. The van der Waals surface area contributed by atoms with Gasteiger partial charge < -0.3 is 9.64 Å². The lowest BCUT2D eigenvalue weighted by molar-refractivity contribution is -0.922. The number of imide groups is 1. The van der Waals surface area contributed by atoms with E-state index in [0.29, 0.717) is 26.2 Å². The summed E-state index contributed by atoms with van der Waals surface area (Å²) in [6.07, 6.45) is 1.08.